The largest absolute Gasteiger partial charge is 0.371 e. The van der Waals surface area contributed by atoms with Crippen molar-refractivity contribution in [2.45, 2.75) is 31.7 Å². The maximum Gasteiger partial charge on any atom is 0.223 e. The van der Waals surface area contributed by atoms with Gasteiger partial charge < -0.3 is 16.0 Å². The topological polar surface area (TPSA) is 58.4 Å². The zero-order chi connectivity index (χ0) is 15.5. The zero-order valence-electron chi connectivity index (χ0n) is 13.6. The van der Waals surface area contributed by atoms with E-state index in [1.54, 1.807) is 0 Å². The SMILES string of the molecule is Cl.Cl.NC1CCC(C(=O)NCC2CCN(c3ccc(F)cc3)C2)C1. The molecule has 1 amide bonds. The number of benzene rings is 1. The van der Waals surface area contributed by atoms with Gasteiger partial charge in [-0.15, -0.1) is 24.8 Å². The molecule has 7 heteroatoms. The standard InChI is InChI=1S/C17H24FN3O.2ClH/c18-14-2-5-16(6-3-14)21-8-7-12(11-21)10-20-17(22)13-1-4-15(19)9-13;;/h2-3,5-6,12-13,15H,1,4,7-11,19H2,(H,20,22);2*1H. The van der Waals surface area contributed by atoms with Crippen LogP contribution in [0.1, 0.15) is 25.7 Å². The predicted octanol–water partition coefficient (Wildman–Crippen LogP) is 2.74. The summed E-state index contributed by atoms with van der Waals surface area (Å²) < 4.78 is 13.0. The van der Waals surface area contributed by atoms with E-state index in [0.717, 1.165) is 51.0 Å². The van der Waals surface area contributed by atoms with E-state index in [4.69, 9.17) is 5.73 Å². The summed E-state index contributed by atoms with van der Waals surface area (Å²) in [6.45, 7) is 2.60. The van der Waals surface area contributed by atoms with E-state index in [0.29, 0.717) is 5.92 Å². The van der Waals surface area contributed by atoms with Gasteiger partial charge in [0.2, 0.25) is 5.91 Å². The number of carbonyl (C=O) groups is 1. The lowest BCUT2D eigenvalue weighted by atomic mass is 10.1. The summed E-state index contributed by atoms with van der Waals surface area (Å²) in [7, 11) is 0. The number of nitrogens with two attached hydrogens (primary N) is 1. The first kappa shape index (κ1) is 21.0. The maximum atomic E-state index is 13.0. The molecule has 3 rings (SSSR count). The highest BCUT2D eigenvalue weighted by atomic mass is 35.5. The van der Waals surface area contributed by atoms with Crippen LogP contribution >= 0.6 is 24.8 Å². The number of nitrogens with one attached hydrogen (secondary N) is 1. The lowest BCUT2D eigenvalue weighted by Gasteiger charge is -2.19. The summed E-state index contributed by atoms with van der Waals surface area (Å²) in [6.07, 6.45) is 3.75. The second kappa shape index (κ2) is 9.44. The number of hydrogen-bond donors (Lipinski definition) is 2. The highest BCUT2D eigenvalue weighted by molar-refractivity contribution is 5.85. The van der Waals surface area contributed by atoms with Crippen LogP contribution in [-0.2, 0) is 4.79 Å². The monoisotopic (exact) mass is 377 g/mol. The smallest absolute Gasteiger partial charge is 0.223 e. The van der Waals surface area contributed by atoms with Crippen LogP contribution in [0, 0.1) is 17.7 Å². The highest BCUT2D eigenvalue weighted by Crippen LogP contribution is 2.25. The van der Waals surface area contributed by atoms with Crippen LogP contribution in [0.25, 0.3) is 0 Å². The summed E-state index contributed by atoms with van der Waals surface area (Å²) >= 11 is 0. The van der Waals surface area contributed by atoms with Gasteiger partial charge in [0.05, 0.1) is 0 Å². The van der Waals surface area contributed by atoms with Crippen molar-refractivity contribution in [3.8, 4) is 0 Å². The minimum atomic E-state index is -0.207. The first-order valence-electron chi connectivity index (χ1n) is 8.15. The third-order valence-electron chi connectivity index (χ3n) is 4.89. The molecule has 3 unspecified atom stereocenters. The summed E-state index contributed by atoms with van der Waals surface area (Å²) in [4.78, 5) is 14.4. The van der Waals surface area contributed by atoms with Crippen molar-refractivity contribution in [3.63, 3.8) is 0 Å². The molecular formula is C17H26Cl2FN3O. The Hall–Kier alpha value is -1.04. The Labute approximate surface area is 155 Å². The number of rotatable bonds is 4. The number of carbonyl (C=O) groups excluding carboxylic acids is 1. The normalized spacial score (nSPS) is 25.8. The minimum Gasteiger partial charge on any atom is -0.371 e. The summed E-state index contributed by atoms with van der Waals surface area (Å²) in [5, 5.41) is 3.09. The molecule has 1 aromatic rings. The number of halogens is 3. The fraction of sp³-hybridized carbons (Fsp3) is 0.588. The molecule has 2 aliphatic rings. The zero-order valence-corrected chi connectivity index (χ0v) is 15.3. The van der Waals surface area contributed by atoms with Gasteiger partial charge in [-0.3, -0.25) is 4.79 Å². The first-order chi connectivity index (χ1) is 10.6. The van der Waals surface area contributed by atoms with Gasteiger partial charge in [-0.2, -0.15) is 0 Å². The van der Waals surface area contributed by atoms with Gasteiger partial charge in [0.1, 0.15) is 5.82 Å². The van der Waals surface area contributed by atoms with Crippen molar-refractivity contribution in [1.29, 1.82) is 0 Å². The van der Waals surface area contributed by atoms with Crippen LogP contribution in [0.2, 0.25) is 0 Å². The summed E-state index contributed by atoms with van der Waals surface area (Å²) in [5.74, 6) is 0.517. The third kappa shape index (κ3) is 5.23. The van der Waals surface area contributed by atoms with Crippen molar-refractivity contribution >= 4 is 36.4 Å². The molecule has 136 valence electrons. The quantitative estimate of drug-likeness (QED) is 0.847. The van der Waals surface area contributed by atoms with Crippen LogP contribution in [0.3, 0.4) is 0 Å². The molecule has 2 fully saturated rings. The number of anilines is 1. The predicted molar refractivity (Wildman–Crippen MR) is 99.5 cm³/mol. The van der Waals surface area contributed by atoms with Crippen molar-refractivity contribution in [2.24, 2.45) is 17.6 Å². The fourth-order valence-corrected chi connectivity index (χ4v) is 3.53. The lowest BCUT2D eigenvalue weighted by molar-refractivity contribution is -0.125. The van der Waals surface area contributed by atoms with Crippen molar-refractivity contribution in [1.82, 2.24) is 5.32 Å². The van der Waals surface area contributed by atoms with E-state index in [1.165, 1.54) is 12.1 Å². The van der Waals surface area contributed by atoms with E-state index >= 15 is 0 Å². The Morgan fingerprint density at radius 2 is 1.92 bits per heavy atom. The van der Waals surface area contributed by atoms with Gasteiger partial charge in [0, 0.05) is 37.3 Å². The van der Waals surface area contributed by atoms with Gasteiger partial charge in [-0.1, -0.05) is 0 Å². The van der Waals surface area contributed by atoms with Crippen LogP contribution in [0.15, 0.2) is 24.3 Å². The first-order valence-corrected chi connectivity index (χ1v) is 8.15. The molecule has 1 aromatic carbocycles. The molecule has 1 aliphatic carbocycles. The Morgan fingerprint density at radius 1 is 1.21 bits per heavy atom. The third-order valence-corrected chi connectivity index (χ3v) is 4.89. The molecule has 1 saturated heterocycles. The molecule has 0 bridgehead atoms. The molecule has 0 spiro atoms. The van der Waals surface area contributed by atoms with E-state index < -0.39 is 0 Å². The molecule has 1 heterocycles. The average Bonchev–Trinajstić information content (AvgIpc) is 3.15. The number of nitrogens with zero attached hydrogens (tertiary/aromatic N) is 1. The Kier molecular flexibility index (Phi) is 8.27. The lowest BCUT2D eigenvalue weighted by Crippen LogP contribution is -2.35. The van der Waals surface area contributed by atoms with Crippen molar-refractivity contribution in [3.05, 3.63) is 30.1 Å². The molecule has 3 atom stereocenters. The highest BCUT2D eigenvalue weighted by Gasteiger charge is 2.29. The summed E-state index contributed by atoms with van der Waals surface area (Å²) in [6, 6.07) is 6.81. The van der Waals surface area contributed by atoms with E-state index in [9.17, 15) is 9.18 Å². The van der Waals surface area contributed by atoms with Crippen LogP contribution in [0.5, 0.6) is 0 Å². The van der Waals surface area contributed by atoms with Crippen molar-refractivity contribution in [2.75, 3.05) is 24.5 Å². The van der Waals surface area contributed by atoms with Gasteiger partial charge >= 0.3 is 0 Å². The molecule has 4 nitrogen and oxygen atoms in total. The van der Waals surface area contributed by atoms with Crippen LogP contribution in [-0.4, -0.2) is 31.6 Å². The number of hydrogen-bond acceptors (Lipinski definition) is 3. The molecule has 0 radical (unpaired) electrons. The second-order valence-electron chi connectivity index (χ2n) is 6.59. The molecular weight excluding hydrogens is 352 g/mol. The van der Waals surface area contributed by atoms with Crippen molar-refractivity contribution < 1.29 is 9.18 Å². The second-order valence-corrected chi connectivity index (χ2v) is 6.59. The molecule has 24 heavy (non-hydrogen) atoms. The maximum absolute atomic E-state index is 13.0. The number of amides is 1. The fourth-order valence-electron chi connectivity index (χ4n) is 3.53. The Balaban J connectivity index is 0.00000144. The Bertz CT molecular complexity index is 529. The molecule has 1 aliphatic heterocycles. The van der Waals surface area contributed by atoms with E-state index in [-0.39, 0.29) is 48.5 Å². The van der Waals surface area contributed by atoms with Gasteiger partial charge in [0.15, 0.2) is 0 Å². The molecule has 1 saturated carbocycles. The van der Waals surface area contributed by atoms with E-state index in [1.807, 2.05) is 12.1 Å². The van der Waals surface area contributed by atoms with Crippen LogP contribution in [0.4, 0.5) is 10.1 Å². The van der Waals surface area contributed by atoms with Gasteiger partial charge in [-0.05, 0) is 55.9 Å². The van der Waals surface area contributed by atoms with Gasteiger partial charge in [-0.25, -0.2) is 4.39 Å². The Morgan fingerprint density at radius 3 is 2.54 bits per heavy atom. The van der Waals surface area contributed by atoms with Crippen LogP contribution < -0.4 is 16.0 Å². The van der Waals surface area contributed by atoms with E-state index in [2.05, 4.69) is 10.2 Å². The summed E-state index contributed by atoms with van der Waals surface area (Å²) in [5.41, 5.74) is 6.91. The average molecular weight is 378 g/mol. The van der Waals surface area contributed by atoms with Gasteiger partial charge in [0.25, 0.3) is 0 Å². The minimum absolute atomic E-state index is 0. The molecule has 3 N–H and O–H groups in total. The molecule has 0 aromatic heterocycles.